The van der Waals surface area contributed by atoms with Crippen LogP contribution in [0.25, 0.3) is 5.65 Å². The molecule has 152 valence electrons. The van der Waals surface area contributed by atoms with Crippen LogP contribution in [0.15, 0.2) is 64.5 Å². The van der Waals surface area contributed by atoms with Crippen LogP contribution in [0.2, 0.25) is 0 Å². The minimum Gasteiger partial charge on any atom is -0.322 e. The number of benzene rings is 1. The molecule has 1 aromatic carbocycles. The van der Waals surface area contributed by atoms with Gasteiger partial charge in [-0.2, -0.15) is 13.2 Å². The molecule has 1 amide bonds. The number of aromatic nitrogens is 2. The van der Waals surface area contributed by atoms with E-state index in [1.165, 1.54) is 27.5 Å². The number of nitrogens with one attached hydrogen (secondary N) is 2. The van der Waals surface area contributed by atoms with Crippen LogP contribution in [0.5, 0.6) is 0 Å². The molecule has 3 aromatic rings. The van der Waals surface area contributed by atoms with Crippen LogP contribution in [-0.2, 0) is 10.0 Å². The molecule has 0 radical (unpaired) electrons. The lowest BCUT2D eigenvalue weighted by atomic mass is 10.2. The van der Waals surface area contributed by atoms with Crippen LogP contribution in [0, 0.1) is 0 Å². The van der Waals surface area contributed by atoms with E-state index in [1.807, 2.05) is 0 Å². The third kappa shape index (κ3) is 4.78. The highest BCUT2D eigenvalue weighted by atomic mass is 32.2. The summed E-state index contributed by atoms with van der Waals surface area (Å²) in [5.41, 5.74) is -0.335. The number of anilines is 1. The number of rotatable bonds is 5. The molecule has 0 saturated heterocycles. The van der Waals surface area contributed by atoms with E-state index < -0.39 is 39.1 Å². The maximum Gasteiger partial charge on any atom is 0.402 e. The fourth-order valence-corrected chi connectivity index (χ4v) is 3.37. The van der Waals surface area contributed by atoms with E-state index >= 15 is 0 Å². The van der Waals surface area contributed by atoms with Crippen LogP contribution < -0.4 is 15.6 Å². The van der Waals surface area contributed by atoms with Gasteiger partial charge in [0.05, 0.1) is 4.90 Å². The van der Waals surface area contributed by atoms with Gasteiger partial charge < -0.3 is 5.32 Å². The Morgan fingerprint density at radius 2 is 1.79 bits per heavy atom. The molecule has 0 aliphatic rings. The second kappa shape index (κ2) is 7.64. The first-order valence-corrected chi connectivity index (χ1v) is 9.49. The van der Waals surface area contributed by atoms with Gasteiger partial charge in [-0.05, 0) is 36.4 Å². The Bertz CT molecular complexity index is 1220. The first kappa shape index (κ1) is 20.5. The molecular formula is C17H13F3N4O4S. The largest absolute Gasteiger partial charge is 0.402 e. The number of carbonyl (C=O) groups excluding carboxylic acids is 1. The quantitative estimate of drug-likeness (QED) is 0.647. The molecule has 29 heavy (non-hydrogen) atoms. The van der Waals surface area contributed by atoms with Gasteiger partial charge in [0.1, 0.15) is 17.8 Å². The number of hydrogen-bond acceptors (Lipinski definition) is 5. The van der Waals surface area contributed by atoms with Crippen molar-refractivity contribution in [1.29, 1.82) is 0 Å². The molecule has 0 saturated carbocycles. The van der Waals surface area contributed by atoms with Crippen LogP contribution in [0.3, 0.4) is 0 Å². The van der Waals surface area contributed by atoms with Gasteiger partial charge in [0, 0.05) is 18.1 Å². The zero-order valence-corrected chi connectivity index (χ0v) is 15.3. The van der Waals surface area contributed by atoms with E-state index in [0.717, 1.165) is 18.3 Å². The molecule has 0 aliphatic carbocycles. The number of carbonyl (C=O) groups is 1. The Morgan fingerprint density at radius 1 is 1.10 bits per heavy atom. The summed E-state index contributed by atoms with van der Waals surface area (Å²) in [5, 5.41) is 2.41. The van der Waals surface area contributed by atoms with Crippen LogP contribution in [0.4, 0.5) is 18.9 Å². The lowest BCUT2D eigenvalue weighted by Gasteiger charge is -2.10. The lowest BCUT2D eigenvalue weighted by Crippen LogP contribution is -2.33. The van der Waals surface area contributed by atoms with Gasteiger partial charge in [-0.25, -0.2) is 18.1 Å². The van der Waals surface area contributed by atoms with E-state index in [9.17, 15) is 31.2 Å². The van der Waals surface area contributed by atoms with Crippen LogP contribution >= 0.6 is 0 Å². The summed E-state index contributed by atoms with van der Waals surface area (Å²) in [6, 6.07) is 9.30. The van der Waals surface area contributed by atoms with Crippen molar-refractivity contribution in [3.63, 3.8) is 0 Å². The molecule has 0 aliphatic heterocycles. The first-order chi connectivity index (χ1) is 13.6. The van der Waals surface area contributed by atoms with Gasteiger partial charge in [-0.3, -0.25) is 14.0 Å². The number of nitrogens with zero attached hydrogens (tertiary/aromatic N) is 2. The van der Waals surface area contributed by atoms with Crippen molar-refractivity contribution in [2.24, 2.45) is 0 Å². The molecular weight excluding hydrogens is 413 g/mol. The predicted molar refractivity (Wildman–Crippen MR) is 97.1 cm³/mol. The molecule has 12 heteroatoms. The molecule has 2 N–H and O–H groups in total. The van der Waals surface area contributed by atoms with Gasteiger partial charge in [-0.15, -0.1) is 0 Å². The van der Waals surface area contributed by atoms with Gasteiger partial charge in [0.15, 0.2) is 0 Å². The van der Waals surface area contributed by atoms with Crippen molar-refractivity contribution in [1.82, 2.24) is 14.1 Å². The van der Waals surface area contributed by atoms with E-state index in [0.29, 0.717) is 5.65 Å². The number of halogens is 3. The normalized spacial score (nSPS) is 12.1. The van der Waals surface area contributed by atoms with Crippen molar-refractivity contribution in [2.75, 3.05) is 11.9 Å². The molecule has 2 aromatic heterocycles. The highest BCUT2D eigenvalue weighted by Gasteiger charge is 2.30. The van der Waals surface area contributed by atoms with Crippen molar-refractivity contribution < 1.29 is 26.4 Å². The fourth-order valence-electron chi connectivity index (χ4n) is 2.36. The van der Waals surface area contributed by atoms with Gasteiger partial charge in [0.25, 0.3) is 11.5 Å². The number of sulfonamides is 1. The van der Waals surface area contributed by atoms with E-state index in [4.69, 9.17) is 0 Å². The summed E-state index contributed by atoms with van der Waals surface area (Å²) in [6.45, 7) is -1.70. The lowest BCUT2D eigenvalue weighted by molar-refractivity contribution is -0.121. The molecule has 3 rings (SSSR count). The Hall–Kier alpha value is -3.25. The van der Waals surface area contributed by atoms with Crippen molar-refractivity contribution in [2.45, 2.75) is 11.1 Å². The highest BCUT2D eigenvalue weighted by molar-refractivity contribution is 7.89. The first-order valence-electron chi connectivity index (χ1n) is 8.01. The molecule has 0 bridgehead atoms. The number of alkyl halides is 3. The SMILES string of the molecule is O=C(Nc1ccc(S(=O)(=O)NCC(F)(F)F)cc1)c1cnc2ccccn2c1=O. The van der Waals surface area contributed by atoms with Crippen LogP contribution in [-0.4, -0.2) is 36.4 Å². The monoisotopic (exact) mass is 426 g/mol. The summed E-state index contributed by atoms with van der Waals surface area (Å²) in [4.78, 5) is 28.3. The third-order valence-corrected chi connectivity index (χ3v) is 5.16. The highest BCUT2D eigenvalue weighted by Crippen LogP contribution is 2.17. The minimum absolute atomic E-state index is 0.141. The average Bonchev–Trinajstić information content (AvgIpc) is 2.67. The van der Waals surface area contributed by atoms with Gasteiger partial charge >= 0.3 is 6.18 Å². The summed E-state index contributed by atoms with van der Waals surface area (Å²) < 4.78 is 62.9. The predicted octanol–water partition coefficient (Wildman–Crippen LogP) is 1.79. The fraction of sp³-hybridized carbons (Fsp3) is 0.118. The number of pyridine rings is 1. The van der Waals surface area contributed by atoms with Gasteiger partial charge in [-0.1, -0.05) is 6.07 Å². The Morgan fingerprint density at radius 3 is 2.45 bits per heavy atom. The average molecular weight is 426 g/mol. The zero-order valence-electron chi connectivity index (χ0n) is 14.5. The van der Waals surface area contributed by atoms with E-state index in [1.54, 1.807) is 18.2 Å². The summed E-state index contributed by atoms with van der Waals surface area (Å²) in [5.74, 6) is -0.772. The molecule has 0 atom stereocenters. The zero-order chi connectivity index (χ0) is 21.2. The molecule has 8 nitrogen and oxygen atoms in total. The third-order valence-electron chi connectivity index (χ3n) is 3.74. The Kier molecular flexibility index (Phi) is 5.40. The second-order valence-corrected chi connectivity index (χ2v) is 7.59. The topological polar surface area (TPSA) is 110 Å². The minimum atomic E-state index is -4.69. The molecule has 0 spiro atoms. The number of hydrogen-bond donors (Lipinski definition) is 2. The standard InChI is InChI=1S/C17H13F3N4O4S/c18-17(19,20)10-22-29(27,28)12-6-4-11(5-7-12)23-15(25)13-9-21-14-3-1-2-8-24(14)16(13)26/h1-9,22H,10H2,(H,23,25). The number of fused-ring (bicyclic) bond motifs is 1. The summed E-state index contributed by atoms with van der Waals surface area (Å²) in [6.07, 6.45) is -2.12. The Balaban J connectivity index is 1.77. The van der Waals surface area contributed by atoms with Gasteiger partial charge in [0.2, 0.25) is 10.0 Å². The van der Waals surface area contributed by atoms with Crippen LogP contribution in [0.1, 0.15) is 10.4 Å². The molecule has 2 heterocycles. The van der Waals surface area contributed by atoms with E-state index in [-0.39, 0.29) is 11.3 Å². The maximum absolute atomic E-state index is 12.4. The Labute approximate surface area is 162 Å². The molecule has 0 unspecified atom stereocenters. The second-order valence-electron chi connectivity index (χ2n) is 5.82. The van der Waals surface area contributed by atoms with Crippen molar-refractivity contribution >= 4 is 27.3 Å². The maximum atomic E-state index is 12.4. The number of amides is 1. The molecule has 0 fully saturated rings. The summed E-state index contributed by atoms with van der Waals surface area (Å²) >= 11 is 0. The van der Waals surface area contributed by atoms with E-state index in [2.05, 4.69) is 10.3 Å². The smallest absolute Gasteiger partial charge is 0.322 e. The van der Waals surface area contributed by atoms with Crippen molar-refractivity contribution in [3.05, 3.63) is 70.8 Å². The summed E-state index contributed by atoms with van der Waals surface area (Å²) in [7, 11) is -4.37. The van der Waals surface area contributed by atoms with Crippen molar-refractivity contribution in [3.8, 4) is 0 Å².